The Bertz CT molecular complexity index is 191. The average molecular weight is 168 g/mol. The molecule has 1 aromatic rings. The molecule has 1 aromatic heterocycles. The molecule has 2 heteroatoms. The number of aryl methyl sites for hydroxylation is 2. The largest absolute Gasteiger partial charge is 0.338 e. The first kappa shape index (κ1) is 11.2. The second-order valence-corrected chi connectivity index (χ2v) is 2.60. The summed E-state index contributed by atoms with van der Waals surface area (Å²) in [7, 11) is 2.04. The lowest BCUT2D eigenvalue weighted by Gasteiger charge is -1.98. The van der Waals surface area contributed by atoms with Crippen LogP contribution in [-0.4, -0.2) is 9.55 Å². The van der Waals surface area contributed by atoms with Gasteiger partial charge in [0, 0.05) is 18.9 Å². The van der Waals surface area contributed by atoms with Crippen molar-refractivity contribution in [2.24, 2.45) is 7.05 Å². The predicted octanol–water partition coefficient (Wildman–Crippen LogP) is 2.79. The Morgan fingerprint density at radius 1 is 1.42 bits per heavy atom. The molecule has 0 aliphatic rings. The molecule has 0 radical (unpaired) electrons. The quantitative estimate of drug-likeness (QED) is 0.678. The maximum Gasteiger partial charge on any atom is 0.0945 e. The second-order valence-electron chi connectivity index (χ2n) is 2.60. The summed E-state index contributed by atoms with van der Waals surface area (Å²) in [6.07, 6.45) is 7.47. The number of rotatable bonds is 3. The van der Waals surface area contributed by atoms with Crippen LogP contribution in [0.25, 0.3) is 0 Å². The topological polar surface area (TPSA) is 17.8 Å². The van der Waals surface area contributed by atoms with E-state index in [4.69, 9.17) is 0 Å². The molecule has 0 spiro atoms. The first-order valence-corrected chi connectivity index (χ1v) is 4.79. The van der Waals surface area contributed by atoms with Gasteiger partial charge in [0.1, 0.15) is 0 Å². The number of nitrogens with zero attached hydrogens (tertiary/aromatic N) is 2. The van der Waals surface area contributed by atoms with Crippen molar-refractivity contribution in [2.75, 3.05) is 0 Å². The zero-order chi connectivity index (χ0) is 9.40. The molecule has 0 aliphatic carbocycles. The highest BCUT2D eigenvalue weighted by molar-refractivity contribution is 4.96. The third-order valence-electron chi connectivity index (χ3n) is 1.70. The smallest absolute Gasteiger partial charge is 0.0945 e. The van der Waals surface area contributed by atoms with E-state index in [2.05, 4.69) is 16.5 Å². The van der Waals surface area contributed by atoms with Crippen molar-refractivity contribution in [3.63, 3.8) is 0 Å². The van der Waals surface area contributed by atoms with Crippen molar-refractivity contribution in [2.45, 2.75) is 40.0 Å². The standard InChI is InChI=1S/C8H14N2.C2H6/c1-3-4-5-8-6-9-7-10(8)2;1-2/h6-7H,3-5H2,1-2H3;1-2H3. The van der Waals surface area contributed by atoms with Crippen LogP contribution in [0.5, 0.6) is 0 Å². The van der Waals surface area contributed by atoms with Gasteiger partial charge in [-0.2, -0.15) is 0 Å². The Hall–Kier alpha value is -0.790. The van der Waals surface area contributed by atoms with Crippen LogP contribution in [0.2, 0.25) is 0 Å². The normalized spacial score (nSPS) is 9.00. The second kappa shape index (κ2) is 6.89. The Kier molecular flexibility index (Phi) is 6.44. The van der Waals surface area contributed by atoms with E-state index in [-0.39, 0.29) is 0 Å². The minimum atomic E-state index is 1.16. The average Bonchev–Trinajstić information content (AvgIpc) is 2.51. The molecule has 1 rings (SSSR count). The van der Waals surface area contributed by atoms with Gasteiger partial charge in [0.15, 0.2) is 0 Å². The van der Waals surface area contributed by atoms with E-state index in [1.165, 1.54) is 18.5 Å². The molecule has 0 amide bonds. The lowest BCUT2D eigenvalue weighted by molar-refractivity contribution is 0.733. The van der Waals surface area contributed by atoms with Crippen LogP contribution in [0.3, 0.4) is 0 Å². The van der Waals surface area contributed by atoms with Gasteiger partial charge < -0.3 is 4.57 Å². The highest BCUT2D eigenvalue weighted by Crippen LogP contribution is 2.01. The van der Waals surface area contributed by atoms with Gasteiger partial charge in [-0.15, -0.1) is 0 Å². The van der Waals surface area contributed by atoms with E-state index in [0.717, 1.165) is 6.42 Å². The van der Waals surface area contributed by atoms with Crippen molar-refractivity contribution < 1.29 is 0 Å². The van der Waals surface area contributed by atoms with E-state index in [0.29, 0.717) is 0 Å². The molecule has 0 unspecified atom stereocenters. The van der Waals surface area contributed by atoms with Gasteiger partial charge >= 0.3 is 0 Å². The number of hydrogen-bond acceptors (Lipinski definition) is 1. The van der Waals surface area contributed by atoms with Crippen molar-refractivity contribution in [1.82, 2.24) is 9.55 Å². The Morgan fingerprint density at radius 3 is 2.50 bits per heavy atom. The van der Waals surface area contributed by atoms with E-state index in [1.807, 2.05) is 33.4 Å². The molecule has 0 saturated heterocycles. The molecule has 0 aliphatic heterocycles. The fraction of sp³-hybridized carbons (Fsp3) is 0.700. The van der Waals surface area contributed by atoms with Gasteiger partial charge in [-0.1, -0.05) is 27.2 Å². The highest BCUT2D eigenvalue weighted by atomic mass is 15.0. The van der Waals surface area contributed by atoms with Crippen molar-refractivity contribution in [3.05, 3.63) is 18.2 Å². The van der Waals surface area contributed by atoms with Crippen LogP contribution in [0.4, 0.5) is 0 Å². The fourth-order valence-electron chi connectivity index (χ4n) is 0.983. The Balaban J connectivity index is 0.000000561. The van der Waals surface area contributed by atoms with E-state index < -0.39 is 0 Å². The lowest BCUT2D eigenvalue weighted by Crippen LogP contribution is -1.93. The number of imidazole rings is 1. The lowest BCUT2D eigenvalue weighted by atomic mass is 10.2. The van der Waals surface area contributed by atoms with E-state index in [1.54, 1.807) is 0 Å². The summed E-state index contributed by atoms with van der Waals surface area (Å²) >= 11 is 0. The summed E-state index contributed by atoms with van der Waals surface area (Å²) in [4.78, 5) is 4.04. The van der Waals surface area contributed by atoms with Crippen LogP contribution in [-0.2, 0) is 13.5 Å². The monoisotopic (exact) mass is 168 g/mol. The summed E-state index contributed by atoms with van der Waals surface area (Å²) in [6.45, 7) is 6.20. The van der Waals surface area contributed by atoms with Crippen LogP contribution >= 0.6 is 0 Å². The summed E-state index contributed by atoms with van der Waals surface area (Å²) in [6, 6.07) is 0. The third-order valence-corrected chi connectivity index (χ3v) is 1.70. The Morgan fingerprint density at radius 2 is 2.08 bits per heavy atom. The molecule has 2 nitrogen and oxygen atoms in total. The first-order valence-electron chi connectivity index (χ1n) is 4.79. The molecule has 0 atom stereocenters. The number of unbranched alkanes of at least 4 members (excludes halogenated alkanes) is 1. The van der Waals surface area contributed by atoms with E-state index in [9.17, 15) is 0 Å². The molecule has 1 heterocycles. The molecular formula is C10H20N2. The van der Waals surface area contributed by atoms with Gasteiger partial charge in [-0.25, -0.2) is 4.98 Å². The molecule has 0 saturated carbocycles. The van der Waals surface area contributed by atoms with Crippen LogP contribution in [0.15, 0.2) is 12.5 Å². The molecule has 0 fully saturated rings. The molecule has 0 N–H and O–H groups in total. The molecule has 0 bridgehead atoms. The number of hydrogen-bond donors (Lipinski definition) is 0. The van der Waals surface area contributed by atoms with Crippen LogP contribution in [0.1, 0.15) is 39.3 Å². The Labute approximate surface area is 75.6 Å². The summed E-state index contributed by atoms with van der Waals surface area (Å²) in [5.41, 5.74) is 1.34. The third kappa shape index (κ3) is 3.56. The molecule has 0 aromatic carbocycles. The van der Waals surface area contributed by atoms with Gasteiger partial charge in [0.2, 0.25) is 0 Å². The highest BCUT2D eigenvalue weighted by Gasteiger charge is 1.94. The molecular weight excluding hydrogens is 148 g/mol. The SMILES string of the molecule is CC.CCCCc1cncn1C. The number of aromatic nitrogens is 2. The summed E-state index contributed by atoms with van der Waals surface area (Å²) in [5, 5.41) is 0. The first-order chi connectivity index (χ1) is 5.84. The van der Waals surface area contributed by atoms with Gasteiger partial charge in [-0.3, -0.25) is 0 Å². The molecule has 12 heavy (non-hydrogen) atoms. The zero-order valence-corrected chi connectivity index (χ0v) is 8.67. The summed E-state index contributed by atoms with van der Waals surface area (Å²) < 4.78 is 2.08. The van der Waals surface area contributed by atoms with Crippen LogP contribution < -0.4 is 0 Å². The minimum absolute atomic E-state index is 1.16. The van der Waals surface area contributed by atoms with Crippen molar-refractivity contribution >= 4 is 0 Å². The fourth-order valence-corrected chi connectivity index (χ4v) is 0.983. The van der Waals surface area contributed by atoms with Gasteiger partial charge in [0.05, 0.1) is 6.33 Å². The zero-order valence-electron chi connectivity index (χ0n) is 8.67. The molecule has 70 valence electrons. The van der Waals surface area contributed by atoms with Gasteiger partial charge in [-0.05, 0) is 12.8 Å². The maximum atomic E-state index is 4.04. The maximum absolute atomic E-state index is 4.04. The minimum Gasteiger partial charge on any atom is -0.338 e. The van der Waals surface area contributed by atoms with E-state index >= 15 is 0 Å². The van der Waals surface area contributed by atoms with Gasteiger partial charge in [0.25, 0.3) is 0 Å². The van der Waals surface area contributed by atoms with Crippen molar-refractivity contribution in [3.8, 4) is 0 Å². The predicted molar refractivity (Wildman–Crippen MR) is 53.2 cm³/mol. The van der Waals surface area contributed by atoms with Crippen molar-refractivity contribution in [1.29, 1.82) is 0 Å². The summed E-state index contributed by atoms with van der Waals surface area (Å²) in [5.74, 6) is 0. The van der Waals surface area contributed by atoms with Crippen LogP contribution in [0, 0.1) is 0 Å².